The summed E-state index contributed by atoms with van der Waals surface area (Å²) < 4.78 is 14.9. The topological polar surface area (TPSA) is 96.7 Å². The Morgan fingerprint density at radius 2 is 2.35 bits per heavy atom. The maximum absolute atomic E-state index is 13.4. The summed E-state index contributed by atoms with van der Waals surface area (Å²) in [7, 11) is 1.70. The first-order valence-electron chi connectivity index (χ1n) is 5.76. The Bertz CT molecular complexity index is 688. The van der Waals surface area contributed by atoms with Crippen LogP contribution in [0.25, 0.3) is 0 Å². The fraction of sp³-hybridized carbons (Fsp3) is 0.154. The number of nitrogens with one attached hydrogen (secondary N) is 1. The molecule has 6 nitrogen and oxygen atoms in total. The first kappa shape index (κ1) is 13.7. The lowest BCUT2D eigenvalue weighted by atomic mass is 10.1. The summed E-state index contributed by atoms with van der Waals surface area (Å²) in [5.41, 5.74) is 6.19. The molecule has 2 aromatic rings. The van der Waals surface area contributed by atoms with Gasteiger partial charge in [0.2, 0.25) is 5.91 Å². The Morgan fingerprint density at radius 1 is 1.60 bits per heavy atom. The zero-order valence-electron chi connectivity index (χ0n) is 10.7. The van der Waals surface area contributed by atoms with Crippen LogP contribution in [0.1, 0.15) is 17.2 Å². The average molecular weight is 273 g/mol. The van der Waals surface area contributed by atoms with Gasteiger partial charge in [-0.2, -0.15) is 10.4 Å². The van der Waals surface area contributed by atoms with E-state index in [2.05, 4.69) is 10.4 Å². The third-order valence-electron chi connectivity index (χ3n) is 2.75. The van der Waals surface area contributed by atoms with Crippen LogP contribution in [0.3, 0.4) is 0 Å². The van der Waals surface area contributed by atoms with Crippen LogP contribution in [0, 0.1) is 17.1 Å². The monoisotopic (exact) mass is 273 g/mol. The smallest absolute Gasteiger partial charge is 0.246 e. The zero-order valence-corrected chi connectivity index (χ0v) is 10.7. The van der Waals surface area contributed by atoms with Gasteiger partial charge in [-0.1, -0.05) is 6.07 Å². The van der Waals surface area contributed by atoms with Gasteiger partial charge in [-0.05, 0) is 12.1 Å². The van der Waals surface area contributed by atoms with Gasteiger partial charge in [-0.15, -0.1) is 0 Å². The molecule has 0 spiro atoms. The molecule has 20 heavy (non-hydrogen) atoms. The predicted molar refractivity (Wildman–Crippen MR) is 69.9 cm³/mol. The summed E-state index contributed by atoms with van der Waals surface area (Å²) in [6.07, 6.45) is 3.09. The molecule has 102 valence electrons. The van der Waals surface area contributed by atoms with E-state index in [4.69, 9.17) is 11.0 Å². The van der Waals surface area contributed by atoms with Gasteiger partial charge in [-0.25, -0.2) is 4.39 Å². The number of aryl methyl sites for hydroxylation is 1. The van der Waals surface area contributed by atoms with Gasteiger partial charge in [0, 0.05) is 18.8 Å². The van der Waals surface area contributed by atoms with Crippen LogP contribution >= 0.6 is 0 Å². The minimum absolute atomic E-state index is 0.0943. The van der Waals surface area contributed by atoms with Crippen molar-refractivity contribution >= 4 is 11.6 Å². The SMILES string of the molecule is Cn1cc(C(N)C(=O)Nc2cccc(F)c2C#N)cn1. The molecule has 0 saturated heterocycles. The number of nitriles is 1. The number of amides is 1. The van der Waals surface area contributed by atoms with E-state index in [-0.39, 0.29) is 11.3 Å². The lowest BCUT2D eigenvalue weighted by Gasteiger charge is -2.11. The number of hydrogen-bond acceptors (Lipinski definition) is 4. The summed E-state index contributed by atoms with van der Waals surface area (Å²) in [5, 5.41) is 15.3. The Hall–Kier alpha value is -2.72. The quantitative estimate of drug-likeness (QED) is 0.874. The Balaban J connectivity index is 2.20. The highest BCUT2D eigenvalue weighted by atomic mass is 19.1. The second-order valence-corrected chi connectivity index (χ2v) is 4.19. The molecule has 1 heterocycles. The van der Waals surface area contributed by atoms with Crippen molar-refractivity contribution in [2.75, 3.05) is 5.32 Å². The van der Waals surface area contributed by atoms with E-state index in [0.717, 1.165) is 6.07 Å². The highest BCUT2D eigenvalue weighted by molar-refractivity contribution is 5.96. The third-order valence-corrected chi connectivity index (χ3v) is 2.75. The molecule has 1 amide bonds. The molecule has 0 saturated carbocycles. The van der Waals surface area contributed by atoms with E-state index >= 15 is 0 Å². The van der Waals surface area contributed by atoms with E-state index in [1.165, 1.54) is 23.0 Å². The van der Waals surface area contributed by atoms with Crippen molar-refractivity contribution in [3.05, 3.63) is 47.5 Å². The lowest BCUT2D eigenvalue weighted by Crippen LogP contribution is -2.27. The van der Waals surface area contributed by atoms with Gasteiger partial charge in [0.15, 0.2) is 0 Å². The van der Waals surface area contributed by atoms with Crippen molar-refractivity contribution in [1.29, 1.82) is 5.26 Å². The maximum atomic E-state index is 13.4. The molecular weight excluding hydrogens is 261 g/mol. The normalized spacial score (nSPS) is 11.7. The van der Waals surface area contributed by atoms with Crippen molar-refractivity contribution in [2.24, 2.45) is 12.8 Å². The molecule has 0 aliphatic rings. The van der Waals surface area contributed by atoms with Crippen LogP contribution in [0.2, 0.25) is 0 Å². The Kier molecular flexibility index (Phi) is 3.77. The highest BCUT2D eigenvalue weighted by Gasteiger charge is 2.19. The Labute approximate surface area is 114 Å². The number of benzene rings is 1. The summed E-state index contributed by atoms with van der Waals surface area (Å²) in [5.74, 6) is -1.24. The van der Waals surface area contributed by atoms with Gasteiger partial charge in [-0.3, -0.25) is 9.48 Å². The first-order valence-corrected chi connectivity index (χ1v) is 5.76. The van der Waals surface area contributed by atoms with Crippen molar-refractivity contribution in [3.63, 3.8) is 0 Å². The van der Waals surface area contributed by atoms with Crippen molar-refractivity contribution < 1.29 is 9.18 Å². The number of aromatic nitrogens is 2. The van der Waals surface area contributed by atoms with Gasteiger partial charge in [0.25, 0.3) is 0 Å². The first-order chi connectivity index (χ1) is 9.52. The number of carbonyl (C=O) groups excluding carboxylic acids is 1. The van der Waals surface area contributed by atoms with E-state index in [1.807, 2.05) is 0 Å². The standard InChI is InChI=1S/C13H12FN5O/c1-19-7-8(6-17-19)12(16)13(20)18-11-4-2-3-10(14)9(11)5-15/h2-4,6-7,12H,16H2,1H3,(H,18,20). The van der Waals surface area contributed by atoms with E-state index in [0.29, 0.717) is 5.56 Å². The van der Waals surface area contributed by atoms with Crippen LogP contribution in [0.4, 0.5) is 10.1 Å². The van der Waals surface area contributed by atoms with E-state index < -0.39 is 17.8 Å². The van der Waals surface area contributed by atoms with Crippen LogP contribution in [0.15, 0.2) is 30.6 Å². The Morgan fingerprint density at radius 3 is 2.95 bits per heavy atom. The second-order valence-electron chi connectivity index (χ2n) is 4.19. The molecule has 7 heteroatoms. The van der Waals surface area contributed by atoms with Gasteiger partial charge in [0.1, 0.15) is 23.5 Å². The minimum Gasteiger partial charge on any atom is -0.323 e. The van der Waals surface area contributed by atoms with Gasteiger partial charge >= 0.3 is 0 Å². The van der Waals surface area contributed by atoms with E-state index in [9.17, 15) is 9.18 Å². The second kappa shape index (κ2) is 5.50. The highest BCUT2D eigenvalue weighted by Crippen LogP contribution is 2.19. The fourth-order valence-electron chi connectivity index (χ4n) is 1.70. The molecule has 0 fully saturated rings. The number of halogens is 1. The molecule has 0 radical (unpaired) electrons. The molecule has 0 bridgehead atoms. The summed E-state index contributed by atoms with van der Waals surface area (Å²) >= 11 is 0. The number of nitrogens with two attached hydrogens (primary N) is 1. The van der Waals surface area contributed by atoms with Crippen molar-refractivity contribution in [3.8, 4) is 6.07 Å². The number of anilines is 1. The molecule has 1 atom stereocenters. The number of nitrogens with zero attached hydrogens (tertiary/aromatic N) is 3. The third kappa shape index (κ3) is 2.65. The summed E-state index contributed by atoms with van der Waals surface area (Å²) in [6, 6.07) is 4.75. The zero-order chi connectivity index (χ0) is 14.7. The lowest BCUT2D eigenvalue weighted by molar-refractivity contribution is -0.117. The molecule has 3 N–H and O–H groups in total. The van der Waals surface area contributed by atoms with Crippen LogP contribution < -0.4 is 11.1 Å². The van der Waals surface area contributed by atoms with Crippen LogP contribution in [0.5, 0.6) is 0 Å². The van der Waals surface area contributed by atoms with Crippen LogP contribution in [-0.2, 0) is 11.8 Å². The van der Waals surface area contributed by atoms with E-state index in [1.54, 1.807) is 19.3 Å². The molecule has 1 unspecified atom stereocenters. The fourth-order valence-corrected chi connectivity index (χ4v) is 1.70. The molecule has 2 rings (SSSR count). The number of carbonyl (C=O) groups is 1. The minimum atomic E-state index is -0.946. The number of rotatable bonds is 3. The molecule has 1 aromatic carbocycles. The van der Waals surface area contributed by atoms with Crippen molar-refractivity contribution in [2.45, 2.75) is 6.04 Å². The van der Waals surface area contributed by atoms with Gasteiger partial charge in [0.05, 0.1) is 11.9 Å². The molecular formula is C13H12FN5O. The van der Waals surface area contributed by atoms with Crippen LogP contribution in [-0.4, -0.2) is 15.7 Å². The predicted octanol–water partition coefficient (Wildman–Crippen LogP) is 1.07. The maximum Gasteiger partial charge on any atom is 0.246 e. The van der Waals surface area contributed by atoms with Crippen molar-refractivity contribution in [1.82, 2.24) is 9.78 Å². The number of hydrogen-bond donors (Lipinski definition) is 2. The average Bonchev–Trinajstić information content (AvgIpc) is 2.84. The largest absolute Gasteiger partial charge is 0.323 e. The summed E-state index contributed by atoms with van der Waals surface area (Å²) in [4.78, 5) is 12.0. The van der Waals surface area contributed by atoms with Gasteiger partial charge < -0.3 is 11.1 Å². The molecule has 0 aliphatic heterocycles. The molecule has 1 aromatic heterocycles. The summed E-state index contributed by atoms with van der Waals surface area (Å²) in [6.45, 7) is 0. The molecule has 0 aliphatic carbocycles.